The zero-order chi connectivity index (χ0) is 48.1. The van der Waals surface area contributed by atoms with Gasteiger partial charge in [-0.2, -0.15) is 10.5 Å². The van der Waals surface area contributed by atoms with Crippen molar-refractivity contribution in [3.8, 4) is 34.9 Å². The maximum Gasteiger partial charge on any atom is 0.123 e. The molecule has 0 aliphatic rings. The van der Waals surface area contributed by atoms with Gasteiger partial charge >= 0.3 is 0 Å². The van der Waals surface area contributed by atoms with Gasteiger partial charge in [-0.15, -0.1) is 11.3 Å². The van der Waals surface area contributed by atoms with Crippen molar-refractivity contribution >= 4 is 119 Å². The predicted molar refractivity (Wildman–Crippen MR) is 286 cm³/mol. The first-order chi connectivity index (χ1) is 35.4. The fraction of sp³-hybridized carbons (Fsp3) is 0. The van der Waals surface area contributed by atoms with Crippen molar-refractivity contribution in [1.82, 2.24) is 18.3 Å². The molecule has 72 heavy (non-hydrogen) atoms. The molecule has 0 amide bonds. The minimum Gasteiger partial charge on any atom is -0.306 e. The molecule has 15 rings (SSSR count). The molecule has 0 saturated carbocycles. The van der Waals surface area contributed by atoms with Gasteiger partial charge in [0.25, 0.3) is 0 Å². The molecule has 10 aromatic carbocycles. The van der Waals surface area contributed by atoms with Crippen molar-refractivity contribution in [2.24, 2.45) is 0 Å². The summed E-state index contributed by atoms with van der Waals surface area (Å²) < 4.78 is 57.0. The van der Waals surface area contributed by atoms with Gasteiger partial charge in [0, 0.05) is 58.6 Å². The van der Waals surface area contributed by atoms with Crippen LogP contribution in [0, 0.1) is 40.1 Å². The van der Waals surface area contributed by atoms with Gasteiger partial charge in [-0.05, 0) is 84.9 Å². The fourth-order valence-corrected chi connectivity index (χ4v) is 13.0. The van der Waals surface area contributed by atoms with Gasteiger partial charge in [-0.25, -0.2) is 13.2 Å². The van der Waals surface area contributed by atoms with Gasteiger partial charge < -0.3 is 18.3 Å². The third-order valence-corrected chi connectivity index (χ3v) is 15.8. The van der Waals surface area contributed by atoms with Gasteiger partial charge in [0.05, 0.1) is 71.6 Å². The zero-order valence-electron chi connectivity index (χ0n) is 37.6. The van der Waals surface area contributed by atoms with Crippen LogP contribution in [-0.4, -0.2) is 18.3 Å². The Balaban J connectivity index is 1.29. The quantitative estimate of drug-likeness (QED) is 0.176. The second-order valence-corrected chi connectivity index (χ2v) is 19.3. The van der Waals surface area contributed by atoms with E-state index in [1.807, 2.05) is 117 Å². The van der Waals surface area contributed by atoms with Crippen LogP contribution in [0.1, 0.15) is 11.1 Å². The second-order valence-electron chi connectivity index (χ2n) is 18.2. The molecule has 0 bridgehead atoms. The monoisotopic (exact) mass is 948 g/mol. The molecule has 6 nitrogen and oxygen atoms in total. The largest absolute Gasteiger partial charge is 0.306 e. The molecule has 10 heteroatoms. The van der Waals surface area contributed by atoms with E-state index in [2.05, 4.69) is 47.0 Å². The summed E-state index contributed by atoms with van der Waals surface area (Å²) in [6.45, 7) is 0. The van der Waals surface area contributed by atoms with Crippen molar-refractivity contribution in [2.45, 2.75) is 0 Å². The number of thiophene rings is 1. The number of hydrogen-bond donors (Lipinski definition) is 0. The average Bonchev–Trinajstić information content (AvgIpc) is 4.21. The van der Waals surface area contributed by atoms with Crippen LogP contribution < -0.4 is 0 Å². The number of halogens is 3. The smallest absolute Gasteiger partial charge is 0.123 e. The van der Waals surface area contributed by atoms with E-state index in [0.717, 1.165) is 58.1 Å². The van der Waals surface area contributed by atoms with Gasteiger partial charge in [0.1, 0.15) is 40.7 Å². The first kappa shape index (κ1) is 40.3. The Kier molecular flexibility index (Phi) is 8.23. The molecular formula is C62H31F3N6S. The van der Waals surface area contributed by atoms with Crippen LogP contribution in [0.25, 0.3) is 130 Å². The minimum atomic E-state index is -0.430. The molecule has 0 radical (unpaired) electrons. The molecule has 5 heterocycles. The predicted octanol–water partition coefficient (Wildman–Crippen LogP) is 16.6. The number of para-hydroxylation sites is 4. The van der Waals surface area contributed by atoms with Crippen molar-refractivity contribution in [2.75, 3.05) is 0 Å². The Morgan fingerprint density at radius 3 is 1.08 bits per heavy atom. The lowest BCUT2D eigenvalue weighted by Gasteiger charge is -2.27. The summed E-state index contributed by atoms with van der Waals surface area (Å²) in [5.41, 5.74) is 7.35. The molecule has 0 saturated heterocycles. The Labute approximate surface area is 410 Å². The van der Waals surface area contributed by atoms with Crippen LogP contribution in [-0.2, 0) is 0 Å². The molecule has 5 aromatic heterocycles. The number of nitrogens with zero attached hydrogens (tertiary/aromatic N) is 6. The molecule has 0 atom stereocenters. The lowest BCUT2D eigenvalue weighted by atomic mass is 9.98. The van der Waals surface area contributed by atoms with Crippen LogP contribution in [0.15, 0.2) is 188 Å². The lowest BCUT2D eigenvalue weighted by molar-refractivity contribution is 0.629. The van der Waals surface area contributed by atoms with Gasteiger partial charge in [0.15, 0.2) is 0 Å². The third kappa shape index (κ3) is 5.25. The number of fused-ring (bicyclic) bond motifs is 16. The summed E-state index contributed by atoms with van der Waals surface area (Å²) in [5.74, 6) is -1.28. The molecule has 0 aliphatic carbocycles. The molecule has 0 fully saturated rings. The van der Waals surface area contributed by atoms with E-state index in [0.29, 0.717) is 72.0 Å². The molecule has 0 aliphatic heterocycles. The van der Waals surface area contributed by atoms with Crippen molar-refractivity contribution < 1.29 is 13.2 Å². The van der Waals surface area contributed by atoms with Crippen LogP contribution in [0.4, 0.5) is 13.2 Å². The van der Waals surface area contributed by atoms with Gasteiger partial charge in [-0.3, -0.25) is 0 Å². The van der Waals surface area contributed by atoms with Gasteiger partial charge in [0.2, 0.25) is 0 Å². The maximum atomic E-state index is 15.6. The summed E-state index contributed by atoms with van der Waals surface area (Å²) in [7, 11) is 0. The van der Waals surface area contributed by atoms with E-state index in [4.69, 9.17) is 0 Å². The number of hydrogen-bond acceptors (Lipinski definition) is 3. The minimum absolute atomic E-state index is 0.181. The Morgan fingerprint density at radius 2 is 0.653 bits per heavy atom. The normalized spacial score (nSPS) is 12.1. The van der Waals surface area contributed by atoms with Crippen molar-refractivity contribution in [1.29, 1.82) is 10.5 Å². The summed E-state index contributed by atoms with van der Waals surface area (Å²) in [6.07, 6.45) is 0. The Hall–Kier alpha value is -9.61. The number of aromatic nitrogens is 4. The number of benzene rings is 10. The average molecular weight is 949 g/mol. The highest BCUT2D eigenvalue weighted by atomic mass is 32.1. The first-order valence-electron chi connectivity index (χ1n) is 23.4. The van der Waals surface area contributed by atoms with E-state index < -0.39 is 17.5 Å². The standard InChI is InChI=1S/C62H31F3N6S/c63-34-21-26-53-44(29-34)38-12-2-6-16-49(38)68(53)57-47(32-66)59(70-51-18-8-4-14-40(51)46-31-36(65)23-28-55(46)70)60(48(33-67)58(57)69-50-17-7-3-13-39(50)45-30-35(64)22-27-54(45)69)71-52-19-9-1-11-37(52)42-24-25-43-41-15-5-10-20-56(41)72-62(43)61(42)71/h1-31H. The molecular weight excluding hydrogens is 918 g/mol. The van der Waals surface area contributed by atoms with E-state index in [1.54, 1.807) is 29.5 Å². The zero-order valence-corrected chi connectivity index (χ0v) is 38.4. The fourth-order valence-electron chi connectivity index (χ4n) is 11.8. The van der Waals surface area contributed by atoms with Crippen LogP contribution in [0.2, 0.25) is 0 Å². The topological polar surface area (TPSA) is 67.3 Å². The highest BCUT2D eigenvalue weighted by Gasteiger charge is 2.35. The third-order valence-electron chi connectivity index (χ3n) is 14.6. The molecule has 0 spiro atoms. The first-order valence-corrected chi connectivity index (χ1v) is 24.2. The summed E-state index contributed by atoms with van der Waals surface area (Å²) in [5, 5.41) is 33.1. The van der Waals surface area contributed by atoms with E-state index >= 15 is 13.2 Å². The van der Waals surface area contributed by atoms with E-state index in [9.17, 15) is 10.5 Å². The highest BCUT2D eigenvalue weighted by Crippen LogP contribution is 2.50. The Bertz CT molecular complexity index is 5010. The van der Waals surface area contributed by atoms with Crippen molar-refractivity contribution in [3.05, 3.63) is 217 Å². The Morgan fingerprint density at radius 1 is 0.319 bits per heavy atom. The van der Waals surface area contributed by atoms with E-state index in [-0.39, 0.29) is 11.1 Å². The molecule has 336 valence electrons. The van der Waals surface area contributed by atoms with Crippen LogP contribution >= 0.6 is 11.3 Å². The SMILES string of the molecule is N#Cc1c(-n2c3ccccc3c3cc(F)ccc32)c(-n2c3ccccc3c3cc(F)ccc32)c(C#N)c(-n2c3ccccc3c3ccc4c5ccccc5sc4c32)c1-n1c2ccccc2c2cc(F)ccc21. The van der Waals surface area contributed by atoms with Gasteiger partial charge in [-0.1, -0.05) is 103 Å². The lowest BCUT2D eigenvalue weighted by Crippen LogP contribution is -2.16. The van der Waals surface area contributed by atoms with Crippen LogP contribution in [0.3, 0.4) is 0 Å². The number of rotatable bonds is 4. The second kappa shape index (κ2) is 14.7. The van der Waals surface area contributed by atoms with Crippen LogP contribution in [0.5, 0.6) is 0 Å². The maximum absolute atomic E-state index is 15.6. The van der Waals surface area contributed by atoms with E-state index in [1.165, 1.54) is 36.4 Å². The summed E-state index contributed by atoms with van der Waals surface area (Å²) in [4.78, 5) is 0. The highest BCUT2D eigenvalue weighted by molar-refractivity contribution is 7.26. The molecule has 15 aromatic rings. The summed E-state index contributed by atoms with van der Waals surface area (Å²) in [6, 6.07) is 63.3. The number of nitriles is 2. The van der Waals surface area contributed by atoms with Crippen molar-refractivity contribution in [3.63, 3.8) is 0 Å². The molecule has 0 N–H and O–H groups in total. The summed E-state index contributed by atoms with van der Waals surface area (Å²) >= 11 is 1.67. The molecule has 0 unspecified atom stereocenters.